The molecule has 0 saturated carbocycles. The number of ether oxygens (including phenoxy) is 1. The predicted octanol–water partition coefficient (Wildman–Crippen LogP) is 0.809. The molecule has 0 aromatic carbocycles. The van der Waals surface area contributed by atoms with Gasteiger partial charge in [-0.15, -0.1) is 0 Å². The van der Waals surface area contributed by atoms with Crippen molar-refractivity contribution in [1.29, 1.82) is 0 Å². The molecule has 1 fully saturated rings. The summed E-state index contributed by atoms with van der Waals surface area (Å²) in [7, 11) is 1.75. The number of carbonyl (C=O) groups excluding carboxylic acids is 1. The zero-order chi connectivity index (χ0) is 14.0. The Bertz CT molecular complexity index is 463. The minimum absolute atomic E-state index is 0.0463. The van der Waals surface area contributed by atoms with Gasteiger partial charge in [0.1, 0.15) is 5.69 Å². The highest BCUT2D eigenvalue weighted by atomic mass is 16.5. The molecule has 6 nitrogen and oxygen atoms in total. The summed E-state index contributed by atoms with van der Waals surface area (Å²) >= 11 is 0. The highest BCUT2D eigenvalue weighted by Crippen LogP contribution is 2.20. The third-order valence-corrected chi connectivity index (χ3v) is 3.64. The van der Waals surface area contributed by atoms with Crippen LogP contribution in [0.3, 0.4) is 0 Å². The Morgan fingerprint density at radius 3 is 2.84 bits per heavy atom. The number of nitrogens with zero attached hydrogens (tertiary/aromatic N) is 3. The first-order chi connectivity index (χ1) is 9.04. The van der Waals surface area contributed by atoms with Gasteiger partial charge in [-0.2, -0.15) is 5.10 Å². The van der Waals surface area contributed by atoms with Gasteiger partial charge >= 0.3 is 0 Å². The second-order valence-corrected chi connectivity index (χ2v) is 5.04. The van der Waals surface area contributed by atoms with E-state index in [0.717, 1.165) is 26.2 Å². The van der Waals surface area contributed by atoms with Crippen molar-refractivity contribution in [2.45, 2.75) is 20.3 Å². The molecule has 1 amide bonds. The number of nitrogens with two attached hydrogens (primary N) is 1. The van der Waals surface area contributed by atoms with Crippen molar-refractivity contribution >= 4 is 11.6 Å². The molecule has 19 heavy (non-hydrogen) atoms. The van der Waals surface area contributed by atoms with E-state index in [9.17, 15) is 4.79 Å². The molecule has 1 aliphatic rings. The average molecular weight is 266 g/mol. The molecule has 0 radical (unpaired) electrons. The molecule has 1 atom stereocenters. The zero-order valence-electron chi connectivity index (χ0n) is 11.8. The molecule has 2 rings (SSSR count). The first kappa shape index (κ1) is 13.9. The lowest BCUT2D eigenvalue weighted by atomic mass is 10.1. The van der Waals surface area contributed by atoms with Gasteiger partial charge in [-0.1, -0.05) is 0 Å². The van der Waals surface area contributed by atoms with E-state index in [4.69, 9.17) is 10.5 Å². The number of aryl methyl sites for hydroxylation is 2. The average Bonchev–Trinajstić information content (AvgIpc) is 2.96. The number of rotatable bonds is 4. The summed E-state index contributed by atoms with van der Waals surface area (Å²) in [5.74, 6) is 0.384. The maximum absolute atomic E-state index is 12.6. The molecule has 0 aliphatic carbocycles. The van der Waals surface area contributed by atoms with Crippen molar-refractivity contribution in [2.75, 3.05) is 32.0 Å². The number of carbonyl (C=O) groups is 1. The van der Waals surface area contributed by atoms with Crippen molar-refractivity contribution in [2.24, 2.45) is 13.0 Å². The minimum atomic E-state index is -0.0463. The second kappa shape index (κ2) is 5.61. The highest BCUT2D eigenvalue weighted by molar-refractivity contribution is 5.98. The number of anilines is 1. The van der Waals surface area contributed by atoms with E-state index >= 15 is 0 Å². The van der Waals surface area contributed by atoms with Gasteiger partial charge < -0.3 is 15.4 Å². The van der Waals surface area contributed by atoms with Crippen LogP contribution in [0.1, 0.15) is 29.5 Å². The first-order valence-corrected chi connectivity index (χ1v) is 6.70. The van der Waals surface area contributed by atoms with E-state index in [0.29, 0.717) is 29.5 Å². The van der Waals surface area contributed by atoms with E-state index in [1.54, 1.807) is 11.7 Å². The van der Waals surface area contributed by atoms with Crippen LogP contribution < -0.4 is 5.73 Å². The van der Waals surface area contributed by atoms with Gasteiger partial charge in [0.2, 0.25) is 0 Å². The fraction of sp³-hybridized carbons (Fsp3) is 0.692. The van der Waals surface area contributed by atoms with Crippen molar-refractivity contribution in [3.8, 4) is 0 Å². The summed E-state index contributed by atoms with van der Waals surface area (Å²) in [5.41, 5.74) is 7.61. The smallest absolute Gasteiger partial charge is 0.274 e. The molecule has 0 bridgehead atoms. The van der Waals surface area contributed by atoms with E-state index in [-0.39, 0.29) is 5.91 Å². The third kappa shape index (κ3) is 2.73. The van der Waals surface area contributed by atoms with Crippen LogP contribution in [0.25, 0.3) is 0 Å². The Morgan fingerprint density at radius 2 is 2.37 bits per heavy atom. The van der Waals surface area contributed by atoms with Gasteiger partial charge in [-0.25, -0.2) is 0 Å². The van der Waals surface area contributed by atoms with Gasteiger partial charge in [0, 0.05) is 32.7 Å². The third-order valence-electron chi connectivity index (χ3n) is 3.64. The maximum Gasteiger partial charge on any atom is 0.274 e. The first-order valence-electron chi connectivity index (χ1n) is 6.70. The van der Waals surface area contributed by atoms with Gasteiger partial charge in [-0.05, 0) is 20.3 Å². The Hall–Kier alpha value is -1.56. The standard InChI is InChI=1S/C13H22N4O2/c1-4-17(7-10-5-6-19-8-10)13(18)12-11(14)9(2)15-16(12)3/h10H,4-8,14H2,1-3H3. The molecule has 2 N–H and O–H groups in total. The summed E-state index contributed by atoms with van der Waals surface area (Å²) in [5, 5.41) is 4.20. The number of nitrogen functional groups attached to an aromatic ring is 1. The number of hydrogen-bond donors (Lipinski definition) is 1. The topological polar surface area (TPSA) is 73.4 Å². The van der Waals surface area contributed by atoms with Crippen LogP contribution >= 0.6 is 0 Å². The van der Waals surface area contributed by atoms with E-state index in [1.807, 2.05) is 18.7 Å². The van der Waals surface area contributed by atoms with Crippen molar-refractivity contribution in [3.63, 3.8) is 0 Å². The summed E-state index contributed by atoms with van der Waals surface area (Å²) in [4.78, 5) is 14.4. The molecular weight excluding hydrogens is 244 g/mol. The molecule has 106 valence electrons. The van der Waals surface area contributed by atoms with E-state index in [2.05, 4.69) is 5.10 Å². The Kier molecular flexibility index (Phi) is 4.09. The lowest BCUT2D eigenvalue weighted by Gasteiger charge is -2.23. The molecule has 1 saturated heterocycles. The van der Waals surface area contributed by atoms with Crippen LogP contribution in [0.2, 0.25) is 0 Å². The van der Waals surface area contributed by atoms with Crippen LogP contribution in [0.15, 0.2) is 0 Å². The zero-order valence-corrected chi connectivity index (χ0v) is 11.8. The Balaban J connectivity index is 2.15. The molecule has 0 spiro atoms. The summed E-state index contributed by atoms with van der Waals surface area (Å²) in [6.07, 6.45) is 1.02. The second-order valence-electron chi connectivity index (χ2n) is 5.04. The van der Waals surface area contributed by atoms with Gasteiger partial charge in [0.15, 0.2) is 0 Å². The largest absolute Gasteiger partial charge is 0.395 e. The molecule has 1 aromatic rings. The summed E-state index contributed by atoms with van der Waals surface area (Å²) < 4.78 is 6.93. The lowest BCUT2D eigenvalue weighted by molar-refractivity contribution is 0.0721. The lowest BCUT2D eigenvalue weighted by Crippen LogP contribution is -2.36. The van der Waals surface area contributed by atoms with Crippen molar-refractivity contribution in [1.82, 2.24) is 14.7 Å². The maximum atomic E-state index is 12.6. The Morgan fingerprint density at radius 1 is 1.63 bits per heavy atom. The molecule has 6 heteroatoms. The van der Waals surface area contributed by atoms with Gasteiger partial charge in [-0.3, -0.25) is 9.48 Å². The van der Waals surface area contributed by atoms with Crippen LogP contribution in [-0.4, -0.2) is 46.9 Å². The summed E-state index contributed by atoms with van der Waals surface area (Å²) in [6, 6.07) is 0. The normalized spacial score (nSPS) is 18.8. The van der Waals surface area contributed by atoms with Gasteiger partial charge in [0.25, 0.3) is 5.91 Å². The highest BCUT2D eigenvalue weighted by Gasteiger charge is 2.26. The van der Waals surface area contributed by atoms with Gasteiger partial charge in [0.05, 0.1) is 18.0 Å². The van der Waals surface area contributed by atoms with Crippen LogP contribution in [0, 0.1) is 12.8 Å². The minimum Gasteiger partial charge on any atom is -0.395 e. The van der Waals surface area contributed by atoms with Crippen LogP contribution in [0.4, 0.5) is 5.69 Å². The molecule has 1 aliphatic heterocycles. The fourth-order valence-corrected chi connectivity index (χ4v) is 2.47. The van der Waals surface area contributed by atoms with Crippen LogP contribution in [0.5, 0.6) is 0 Å². The molecule has 1 unspecified atom stereocenters. The fourth-order valence-electron chi connectivity index (χ4n) is 2.47. The summed E-state index contributed by atoms with van der Waals surface area (Å²) in [6.45, 7) is 6.71. The predicted molar refractivity (Wildman–Crippen MR) is 72.9 cm³/mol. The molecular formula is C13H22N4O2. The molecule has 2 heterocycles. The van der Waals surface area contributed by atoms with Crippen molar-refractivity contribution in [3.05, 3.63) is 11.4 Å². The number of hydrogen-bond acceptors (Lipinski definition) is 4. The quantitative estimate of drug-likeness (QED) is 0.875. The van der Waals surface area contributed by atoms with E-state index in [1.165, 1.54) is 0 Å². The van der Waals surface area contributed by atoms with E-state index < -0.39 is 0 Å². The monoisotopic (exact) mass is 266 g/mol. The molecule has 1 aromatic heterocycles. The number of amides is 1. The SMILES string of the molecule is CCN(CC1CCOC1)C(=O)c1c(N)c(C)nn1C. The Labute approximate surface area is 113 Å². The van der Waals surface area contributed by atoms with Crippen molar-refractivity contribution < 1.29 is 9.53 Å². The number of aromatic nitrogens is 2. The van der Waals surface area contributed by atoms with Crippen LogP contribution in [-0.2, 0) is 11.8 Å².